The van der Waals surface area contributed by atoms with Crippen LogP contribution in [-0.2, 0) is 6.42 Å². The van der Waals surface area contributed by atoms with Crippen LogP contribution in [0.5, 0.6) is 0 Å². The molecule has 78 valence electrons. The van der Waals surface area contributed by atoms with E-state index in [1.54, 1.807) is 0 Å². The molecule has 0 spiro atoms. The fourth-order valence-electron chi connectivity index (χ4n) is 1.30. The average molecular weight is 227 g/mol. The summed E-state index contributed by atoms with van der Waals surface area (Å²) in [5.74, 6) is 0.857. The number of thiol groups is 2. The van der Waals surface area contributed by atoms with Gasteiger partial charge < -0.3 is 5.32 Å². The van der Waals surface area contributed by atoms with Gasteiger partial charge in [0.2, 0.25) is 0 Å². The van der Waals surface area contributed by atoms with Gasteiger partial charge in [-0.2, -0.15) is 25.3 Å². The molecule has 0 heterocycles. The first-order chi connectivity index (χ1) is 6.72. The van der Waals surface area contributed by atoms with E-state index < -0.39 is 0 Å². The second kappa shape index (κ2) is 6.25. The first kappa shape index (κ1) is 11.8. The molecule has 1 aromatic carbocycles. The summed E-state index contributed by atoms with van der Waals surface area (Å²) in [5.41, 5.74) is 2.50. The van der Waals surface area contributed by atoms with Gasteiger partial charge in [-0.15, -0.1) is 0 Å². The van der Waals surface area contributed by atoms with Crippen LogP contribution in [0, 0.1) is 0 Å². The molecule has 3 heteroatoms. The van der Waals surface area contributed by atoms with Crippen LogP contribution in [0.15, 0.2) is 24.3 Å². The van der Waals surface area contributed by atoms with Crippen LogP contribution in [0.1, 0.15) is 12.5 Å². The van der Waals surface area contributed by atoms with E-state index in [0.717, 1.165) is 24.4 Å². The molecule has 1 nitrogen and oxygen atoms in total. The van der Waals surface area contributed by atoms with Crippen molar-refractivity contribution < 1.29 is 0 Å². The molecule has 0 saturated carbocycles. The maximum atomic E-state index is 4.37. The van der Waals surface area contributed by atoms with E-state index in [1.165, 1.54) is 5.56 Å². The highest BCUT2D eigenvalue weighted by molar-refractivity contribution is 7.80. The maximum absolute atomic E-state index is 4.37. The van der Waals surface area contributed by atoms with Crippen LogP contribution < -0.4 is 5.32 Å². The van der Waals surface area contributed by atoms with Crippen molar-refractivity contribution in [2.45, 2.75) is 18.6 Å². The van der Waals surface area contributed by atoms with Crippen molar-refractivity contribution in [3.63, 3.8) is 0 Å². The van der Waals surface area contributed by atoms with Gasteiger partial charge in [0.15, 0.2) is 0 Å². The molecule has 1 aromatic rings. The molecular weight excluding hydrogens is 210 g/mol. The van der Waals surface area contributed by atoms with E-state index in [2.05, 4.69) is 61.8 Å². The number of rotatable bonds is 5. The lowest BCUT2D eigenvalue weighted by atomic mass is 10.1. The van der Waals surface area contributed by atoms with Gasteiger partial charge in [0.25, 0.3) is 0 Å². The molecule has 1 N–H and O–H groups in total. The molecule has 0 radical (unpaired) electrons. The minimum absolute atomic E-state index is 0.422. The summed E-state index contributed by atoms with van der Waals surface area (Å²) < 4.78 is 0. The molecule has 0 amide bonds. The number of hydrogen-bond acceptors (Lipinski definition) is 3. The predicted octanol–water partition coefficient (Wildman–Crippen LogP) is 2.89. The van der Waals surface area contributed by atoms with Crippen LogP contribution in [0.2, 0.25) is 0 Å². The highest BCUT2D eigenvalue weighted by atomic mass is 32.1. The van der Waals surface area contributed by atoms with Gasteiger partial charge in [0.1, 0.15) is 0 Å². The van der Waals surface area contributed by atoms with Gasteiger partial charge in [0.05, 0.1) is 0 Å². The van der Waals surface area contributed by atoms with Crippen LogP contribution >= 0.6 is 25.3 Å². The molecule has 0 aromatic heterocycles. The van der Waals surface area contributed by atoms with E-state index >= 15 is 0 Å². The Morgan fingerprint density at radius 1 is 1.29 bits per heavy atom. The summed E-state index contributed by atoms with van der Waals surface area (Å²) in [6, 6.07) is 8.50. The summed E-state index contributed by atoms with van der Waals surface area (Å²) in [5, 5.41) is 3.70. The Balaban J connectivity index is 2.50. The van der Waals surface area contributed by atoms with Crippen molar-refractivity contribution in [3.8, 4) is 0 Å². The zero-order valence-electron chi connectivity index (χ0n) is 8.40. The number of hydrogen-bond donors (Lipinski definition) is 3. The summed E-state index contributed by atoms with van der Waals surface area (Å²) >= 11 is 8.51. The van der Waals surface area contributed by atoms with Crippen molar-refractivity contribution >= 4 is 30.9 Å². The topological polar surface area (TPSA) is 12.0 Å². The van der Waals surface area contributed by atoms with Crippen LogP contribution in [0.25, 0.3) is 0 Å². The largest absolute Gasteiger partial charge is 0.384 e. The summed E-state index contributed by atoms with van der Waals surface area (Å²) in [6.45, 7) is 3.02. The lowest BCUT2D eigenvalue weighted by Gasteiger charge is -2.07. The molecule has 0 aliphatic heterocycles. The van der Waals surface area contributed by atoms with E-state index in [0.29, 0.717) is 5.25 Å². The third kappa shape index (κ3) is 4.29. The highest BCUT2D eigenvalue weighted by Gasteiger charge is 1.97. The number of nitrogens with one attached hydrogen (secondary N) is 1. The summed E-state index contributed by atoms with van der Waals surface area (Å²) in [7, 11) is 0. The first-order valence-corrected chi connectivity index (χ1v) is 5.99. The molecule has 0 fully saturated rings. The molecule has 1 rings (SSSR count). The standard InChI is InChI=1S/C11H17NS2/c1-9(14)8-10-2-4-11(5-3-10)12-6-7-13/h2-5,9,12-14H,6-8H2,1H3. The lowest BCUT2D eigenvalue weighted by Crippen LogP contribution is -2.02. The number of anilines is 1. The molecule has 0 bridgehead atoms. The van der Waals surface area contributed by atoms with Crippen molar-refractivity contribution in [3.05, 3.63) is 29.8 Å². The van der Waals surface area contributed by atoms with E-state index in [1.807, 2.05) is 0 Å². The Hall–Kier alpha value is -0.280. The first-order valence-electron chi connectivity index (χ1n) is 4.84. The minimum Gasteiger partial charge on any atom is -0.384 e. The van der Waals surface area contributed by atoms with Crippen LogP contribution in [-0.4, -0.2) is 17.5 Å². The van der Waals surface area contributed by atoms with Crippen molar-refractivity contribution in [2.75, 3.05) is 17.6 Å². The van der Waals surface area contributed by atoms with E-state index in [9.17, 15) is 0 Å². The third-order valence-corrected chi connectivity index (χ3v) is 2.33. The Labute approximate surface area is 97.1 Å². The fourth-order valence-corrected chi connectivity index (χ4v) is 1.62. The van der Waals surface area contributed by atoms with Gasteiger partial charge in [-0.25, -0.2) is 0 Å². The zero-order chi connectivity index (χ0) is 10.4. The average Bonchev–Trinajstić information content (AvgIpc) is 2.16. The SMILES string of the molecule is CC(S)Cc1ccc(NCCS)cc1. The Kier molecular flexibility index (Phi) is 5.26. The molecule has 1 unspecified atom stereocenters. The molecule has 1 atom stereocenters. The lowest BCUT2D eigenvalue weighted by molar-refractivity contribution is 0.951. The molecule has 0 aliphatic carbocycles. The monoisotopic (exact) mass is 227 g/mol. The second-order valence-electron chi connectivity index (χ2n) is 3.40. The van der Waals surface area contributed by atoms with Crippen molar-refractivity contribution in [1.29, 1.82) is 0 Å². The molecule has 0 saturated heterocycles. The van der Waals surface area contributed by atoms with Gasteiger partial charge in [0, 0.05) is 23.2 Å². The Morgan fingerprint density at radius 2 is 1.93 bits per heavy atom. The van der Waals surface area contributed by atoms with E-state index in [-0.39, 0.29) is 0 Å². The number of benzene rings is 1. The zero-order valence-corrected chi connectivity index (χ0v) is 10.2. The van der Waals surface area contributed by atoms with Gasteiger partial charge >= 0.3 is 0 Å². The molecule has 0 aliphatic rings. The van der Waals surface area contributed by atoms with Gasteiger partial charge in [-0.1, -0.05) is 19.1 Å². The smallest absolute Gasteiger partial charge is 0.0340 e. The van der Waals surface area contributed by atoms with Gasteiger partial charge in [-0.05, 0) is 24.1 Å². The van der Waals surface area contributed by atoms with Gasteiger partial charge in [-0.3, -0.25) is 0 Å². The summed E-state index contributed by atoms with van der Waals surface area (Å²) in [6.07, 6.45) is 1.02. The normalized spacial score (nSPS) is 12.5. The van der Waals surface area contributed by atoms with Crippen LogP contribution in [0.3, 0.4) is 0 Å². The minimum atomic E-state index is 0.422. The maximum Gasteiger partial charge on any atom is 0.0340 e. The van der Waals surface area contributed by atoms with Crippen molar-refractivity contribution in [2.24, 2.45) is 0 Å². The van der Waals surface area contributed by atoms with E-state index in [4.69, 9.17) is 0 Å². The van der Waals surface area contributed by atoms with Crippen molar-refractivity contribution in [1.82, 2.24) is 0 Å². The molecular formula is C11H17NS2. The fraction of sp³-hybridized carbons (Fsp3) is 0.455. The Bertz CT molecular complexity index is 256. The quantitative estimate of drug-likeness (QED) is 0.657. The molecule has 14 heavy (non-hydrogen) atoms. The summed E-state index contributed by atoms with van der Waals surface area (Å²) in [4.78, 5) is 0. The Morgan fingerprint density at radius 3 is 2.43 bits per heavy atom. The third-order valence-electron chi connectivity index (χ3n) is 1.93. The highest BCUT2D eigenvalue weighted by Crippen LogP contribution is 2.12. The van der Waals surface area contributed by atoms with Crippen LogP contribution in [0.4, 0.5) is 5.69 Å². The predicted molar refractivity (Wildman–Crippen MR) is 70.9 cm³/mol. The second-order valence-corrected chi connectivity index (χ2v) is 4.73.